The van der Waals surface area contributed by atoms with E-state index in [9.17, 15) is 9.59 Å². The van der Waals surface area contributed by atoms with E-state index in [1.807, 2.05) is 0 Å². The minimum atomic E-state index is -0.163. The van der Waals surface area contributed by atoms with Gasteiger partial charge >= 0.3 is 5.97 Å². The van der Waals surface area contributed by atoms with Crippen molar-refractivity contribution in [2.24, 2.45) is 34.5 Å². The summed E-state index contributed by atoms with van der Waals surface area (Å²) in [6.07, 6.45) is 11.1. The van der Waals surface area contributed by atoms with E-state index in [4.69, 9.17) is 16.3 Å². The quantitative estimate of drug-likeness (QED) is 0.374. The van der Waals surface area contributed by atoms with Crippen LogP contribution in [0.15, 0.2) is 11.6 Å². The molecule has 0 N–H and O–H groups in total. The molecule has 4 aliphatic rings. The molecule has 0 saturated heterocycles. The monoisotopic (exact) mass is 378 g/mol. The minimum absolute atomic E-state index is 0.0491. The summed E-state index contributed by atoms with van der Waals surface area (Å²) in [6, 6.07) is 0. The maximum Gasteiger partial charge on any atom is 0.302 e. The van der Waals surface area contributed by atoms with Gasteiger partial charge in [0.25, 0.3) is 0 Å². The number of allylic oxidation sites excluding steroid dienone is 1. The van der Waals surface area contributed by atoms with Gasteiger partial charge in [0.1, 0.15) is 6.10 Å². The predicted molar refractivity (Wildman–Crippen MR) is 102 cm³/mol. The van der Waals surface area contributed by atoms with Crippen LogP contribution in [0, 0.1) is 34.5 Å². The van der Waals surface area contributed by atoms with Gasteiger partial charge in [-0.15, -0.1) is 0 Å². The highest BCUT2D eigenvalue weighted by Gasteiger charge is 2.59. The van der Waals surface area contributed by atoms with Crippen molar-refractivity contribution in [2.75, 3.05) is 0 Å². The van der Waals surface area contributed by atoms with Crippen molar-refractivity contribution in [3.63, 3.8) is 0 Å². The van der Waals surface area contributed by atoms with Gasteiger partial charge in [-0.1, -0.05) is 25.5 Å². The Morgan fingerprint density at radius 3 is 2.58 bits per heavy atom. The molecule has 0 aromatic heterocycles. The fourth-order valence-electron chi connectivity index (χ4n) is 7.34. The molecule has 0 radical (unpaired) electrons. The van der Waals surface area contributed by atoms with Gasteiger partial charge < -0.3 is 4.74 Å². The number of esters is 1. The Morgan fingerprint density at radius 1 is 1.12 bits per heavy atom. The van der Waals surface area contributed by atoms with Crippen molar-refractivity contribution in [2.45, 2.75) is 78.2 Å². The molecule has 3 fully saturated rings. The van der Waals surface area contributed by atoms with Crippen molar-refractivity contribution >= 4 is 22.8 Å². The Kier molecular flexibility index (Phi) is 4.53. The van der Waals surface area contributed by atoms with Gasteiger partial charge in [0, 0.05) is 19.3 Å². The van der Waals surface area contributed by atoms with Crippen LogP contribution in [0.5, 0.6) is 0 Å². The number of hydrogen-bond acceptors (Lipinski definition) is 3. The highest BCUT2D eigenvalue weighted by atomic mass is 35.5. The molecular formula is C22H31ClO3. The van der Waals surface area contributed by atoms with Crippen molar-refractivity contribution in [1.29, 1.82) is 0 Å². The van der Waals surface area contributed by atoms with Gasteiger partial charge in [0.05, 0.1) is 0 Å². The van der Waals surface area contributed by atoms with Crippen LogP contribution in [0.1, 0.15) is 72.1 Å². The fourth-order valence-corrected chi connectivity index (χ4v) is 7.69. The van der Waals surface area contributed by atoms with E-state index in [2.05, 4.69) is 19.9 Å². The topological polar surface area (TPSA) is 43.4 Å². The number of halogens is 1. The zero-order valence-electron chi connectivity index (χ0n) is 16.2. The average Bonchev–Trinajstić information content (AvgIpc) is 2.92. The van der Waals surface area contributed by atoms with E-state index in [0.29, 0.717) is 17.8 Å². The molecule has 26 heavy (non-hydrogen) atoms. The summed E-state index contributed by atoms with van der Waals surface area (Å²) in [6.45, 7) is 6.28. The third kappa shape index (κ3) is 2.68. The zero-order chi connectivity index (χ0) is 18.7. The van der Waals surface area contributed by atoms with Gasteiger partial charge in [0.15, 0.2) is 0 Å². The minimum Gasteiger partial charge on any atom is -0.462 e. The van der Waals surface area contributed by atoms with Gasteiger partial charge in [0.2, 0.25) is 5.24 Å². The second-order valence-electron chi connectivity index (χ2n) is 9.71. The molecule has 144 valence electrons. The molecule has 0 amide bonds. The molecule has 7 atom stereocenters. The van der Waals surface area contributed by atoms with E-state index in [1.54, 1.807) is 0 Å². The van der Waals surface area contributed by atoms with E-state index < -0.39 is 0 Å². The first-order chi connectivity index (χ1) is 12.3. The van der Waals surface area contributed by atoms with Crippen molar-refractivity contribution < 1.29 is 14.3 Å². The first kappa shape index (κ1) is 18.5. The first-order valence-corrected chi connectivity index (χ1v) is 10.7. The summed E-state index contributed by atoms with van der Waals surface area (Å²) in [7, 11) is 0. The van der Waals surface area contributed by atoms with Crippen molar-refractivity contribution in [3.05, 3.63) is 11.6 Å². The molecule has 7 unspecified atom stereocenters. The van der Waals surface area contributed by atoms with Crippen LogP contribution in [0.25, 0.3) is 0 Å². The number of carbonyl (C=O) groups excluding carboxylic acids is 2. The van der Waals surface area contributed by atoms with Gasteiger partial charge in [-0.25, -0.2) is 0 Å². The van der Waals surface area contributed by atoms with E-state index >= 15 is 0 Å². The maximum atomic E-state index is 12.0. The normalized spacial score (nSPS) is 47.2. The fraction of sp³-hybridized carbons (Fsp3) is 0.818. The van der Waals surface area contributed by atoms with E-state index in [1.165, 1.54) is 18.9 Å². The summed E-state index contributed by atoms with van der Waals surface area (Å²) in [4.78, 5) is 23.3. The number of rotatable bonds is 2. The summed E-state index contributed by atoms with van der Waals surface area (Å²) in [5.74, 6) is 1.88. The van der Waals surface area contributed by atoms with Gasteiger partial charge in [-0.05, 0) is 85.1 Å². The average molecular weight is 379 g/mol. The van der Waals surface area contributed by atoms with Gasteiger partial charge in [-0.3, -0.25) is 9.59 Å². The summed E-state index contributed by atoms with van der Waals surface area (Å²) in [5, 5.41) is -0.117. The Hall–Kier alpha value is -0.830. The van der Waals surface area contributed by atoms with Crippen molar-refractivity contribution in [3.8, 4) is 0 Å². The Bertz CT molecular complexity index is 656. The lowest BCUT2D eigenvalue weighted by Crippen LogP contribution is -2.51. The second kappa shape index (κ2) is 6.36. The summed E-state index contributed by atoms with van der Waals surface area (Å²) in [5.41, 5.74) is 1.85. The molecular weight excluding hydrogens is 348 g/mol. The first-order valence-electron chi connectivity index (χ1n) is 10.3. The van der Waals surface area contributed by atoms with E-state index in [0.717, 1.165) is 44.9 Å². The lowest BCUT2D eigenvalue weighted by molar-refractivity contribution is -0.148. The molecule has 4 heteroatoms. The van der Waals surface area contributed by atoms with Crippen LogP contribution >= 0.6 is 11.6 Å². The predicted octanol–water partition coefficient (Wildman–Crippen LogP) is 5.26. The smallest absolute Gasteiger partial charge is 0.302 e. The van der Waals surface area contributed by atoms with Crippen LogP contribution in [-0.2, 0) is 14.3 Å². The molecule has 0 bridgehead atoms. The molecule has 0 aromatic rings. The van der Waals surface area contributed by atoms with E-state index in [-0.39, 0.29) is 34.1 Å². The molecule has 3 nitrogen and oxygen atoms in total. The molecule has 3 saturated carbocycles. The number of fused-ring (bicyclic) bond motifs is 5. The van der Waals surface area contributed by atoms with Crippen LogP contribution < -0.4 is 0 Å². The molecule has 0 spiro atoms. The lowest BCUT2D eigenvalue weighted by Gasteiger charge is -2.57. The van der Waals surface area contributed by atoms with Crippen LogP contribution in [-0.4, -0.2) is 17.3 Å². The zero-order valence-corrected chi connectivity index (χ0v) is 17.0. The second-order valence-corrected chi connectivity index (χ2v) is 10.1. The van der Waals surface area contributed by atoms with Crippen molar-refractivity contribution in [1.82, 2.24) is 0 Å². The number of ether oxygens (including phenoxy) is 1. The summed E-state index contributed by atoms with van der Waals surface area (Å²) < 4.78 is 5.52. The van der Waals surface area contributed by atoms with Crippen LogP contribution in [0.4, 0.5) is 0 Å². The van der Waals surface area contributed by atoms with Crippen LogP contribution in [0.2, 0.25) is 0 Å². The van der Waals surface area contributed by atoms with Crippen LogP contribution in [0.3, 0.4) is 0 Å². The SMILES string of the molecule is CC(=O)OC1CCC2(C)C(=CCC3C2CCC2(C)C(C(=O)Cl)CCC32)C1. The third-order valence-corrected chi connectivity index (χ3v) is 8.93. The third-order valence-electron chi connectivity index (χ3n) is 8.67. The highest BCUT2D eigenvalue weighted by molar-refractivity contribution is 6.64. The molecule has 0 aliphatic heterocycles. The summed E-state index contributed by atoms with van der Waals surface area (Å²) >= 11 is 5.97. The Morgan fingerprint density at radius 2 is 1.88 bits per heavy atom. The largest absolute Gasteiger partial charge is 0.462 e. The molecule has 0 heterocycles. The Labute approximate surface area is 161 Å². The van der Waals surface area contributed by atoms with Gasteiger partial charge in [-0.2, -0.15) is 0 Å². The standard InChI is InChI=1S/C22H31ClO3/c1-13(24)26-15-8-10-21(2)14(12-15)4-5-16-17-6-7-19(20(23)25)22(17,3)11-9-18(16)21/h4,15-19H,5-12H2,1-3H3. The lowest BCUT2D eigenvalue weighted by atomic mass is 9.47. The highest BCUT2D eigenvalue weighted by Crippen LogP contribution is 2.66. The number of carbonyl (C=O) groups is 2. The number of hydrogen-bond donors (Lipinski definition) is 0. The molecule has 4 aliphatic carbocycles. The maximum absolute atomic E-state index is 12.0. The Balaban J connectivity index is 1.59. The molecule has 4 rings (SSSR count). The molecule has 0 aromatic carbocycles.